The van der Waals surface area contributed by atoms with Gasteiger partial charge in [-0.3, -0.25) is 9.59 Å². The molecule has 0 aliphatic heterocycles. The van der Waals surface area contributed by atoms with Crippen LogP contribution in [0.25, 0.3) is 0 Å². The van der Waals surface area contributed by atoms with Gasteiger partial charge in [-0.2, -0.15) is 0 Å². The molecule has 0 aromatic carbocycles. The topological polar surface area (TPSA) is 95.9 Å². The highest BCUT2D eigenvalue weighted by atomic mass is 16.5. The van der Waals surface area contributed by atoms with E-state index in [2.05, 4.69) is 43.5 Å². The molecule has 0 aliphatic carbocycles. The van der Waals surface area contributed by atoms with E-state index in [-0.39, 0.29) is 18.5 Å². The smallest absolute Gasteiger partial charge is 0.305 e. The van der Waals surface area contributed by atoms with Crippen LogP contribution in [0.4, 0.5) is 0 Å². The lowest BCUT2D eigenvalue weighted by molar-refractivity contribution is -0.143. The third-order valence-electron chi connectivity index (χ3n) is 14.1. The average molecular weight is 971 g/mol. The molecule has 0 bridgehead atoms. The van der Waals surface area contributed by atoms with Crippen molar-refractivity contribution >= 4 is 11.9 Å². The lowest BCUT2D eigenvalue weighted by atomic mass is 10.0. The van der Waals surface area contributed by atoms with E-state index in [4.69, 9.17) is 4.74 Å². The Morgan fingerprint density at radius 1 is 0.391 bits per heavy atom. The van der Waals surface area contributed by atoms with Crippen LogP contribution in [0.3, 0.4) is 0 Å². The first-order chi connectivity index (χ1) is 34.0. The summed E-state index contributed by atoms with van der Waals surface area (Å²) < 4.78 is 5.48. The van der Waals surface area contributed by atoms with Gasteiger partial charge in [-0.05, 0) is 83.5 Å². The molecule has 0 heterocycles. The number of unbranched alkanes of at least 4 members (excludes halogenated alkanes) is 42. The Hall–Kier alpha value is -1.92. The highest BCUT2D eigenvalue weighted by Crippen LogP contribution is 2.16. The molecule has 2 unspecified atom stereocenters. The Morgan fingerprint density at radius 3 is 1.03 bits per heavy atom. The van der Waals surface area contributed by atoms with Gasteiger partial charge >= 0.3 is 5.97 Å². The molecule has 3 N–H and O–H groups in total. The van der Waals surface area contributed by atoms with Gasteiger partial charge in [0.2, 0.25) is 5.91 Å². The Labute approximate surface area is 430 Å². The maximum atomic E-state index is 12.5. The number of rotatable bonds is 57. The van der Waals surface area contributed by atoms with Crippen molar-refractivity contribution in [2.24, 2.45) is 0 Å². The zero-order valence-corrected chi connectivity index (χ0v) is 46.3. The van der Waals surface area contributed by atoms with Crippen LogP contribution in [0.15, 0.2) is 36.5 Å². The van der Waals surface area contributed by atoms with Crippen molar-refractivity contribution in [2.75, 3.05) is 13.2 Å². The second-order valence-electron chi connectivity index (χ2n) is 21.0. The standard InChI is InChI=1S/C63H119NO5/c1-3-5-7-9-11-13-15-17-19-28-31-35-39-43-47-51-55-61(66)60(59-65)64-62(67)56-52-48-44-40-36-32-29-25-23-21-20-22-24-26-30-34-38-42-46-50-54-58-69-63(68)57-53-49-45-41-37-33-27-18-16-14-12-10-8-6-4-2/h18,21,23,27,51,55,60-61,65-66H,3-17,19-20,22,24-26,28-50,52-54,56-59H2,1-2H3,(H,64,67)/b23-21-,27-18-,55-51+. The molecule has 0 rings (SSSR count). The summed E-state index contributed by atoms with van der Waals surface area (Å²) in [6, 6.07) is -0.634. The molecule has 406 valence electrons. The van der Waals surface area contributed by atoms with E-state index >= 15 is 0 Å². The van der Waals surface area contributed by atoms with Gasteiger partial charge in [-0.25, -0.2) is 0 Å². The zero-order valence-electron chi connectivity index (χ0n) is 46.3. The van der Waals surface area contributed by atoms with E-state index in [9.17, 15) is 19.8 Å². The molecule has 0 fully saturated rings. The molecular weight excluding hydrogens is 851 g/mol. The van der Waals surface area contributed by atoms with E-state index in [1.165, 1.54) is 250 Å². The number of carbonyl (C=O) groups is 2. The molecule has 6 heteroatoms. The molecule has 0 aromatic heterocycles. The predicted octanol–water partition coefficient (Wildman–Crippen LogP) is 19.2. The van der Waals surface area contributed by atoms with Gasteiger partial charge in [0.15, 0.2) is 0 Å². The van der Waals surface area contributed by atoms with Gasteiger partial charge in [-0.1, -0.05) is 269 Å². The molecule has 0 spiro atoms. The maximum Gasteiger partial charge on any atom is 0.305 e. The summed E-state index contributed by atoms with van der Waals surface area (Å²) in [6.45, 7) is 4.90. The summed E-state index contributed by atoms with van der Waals surface area (Å²) in [6.07, 6.45) is 73.2. The maximum absolute atomic E-state index is 12.5. The zero-order chi connectivity index (χ0) is 50.0. The van der Waals surface area contributed by atoms with E-state index in [1.54, 1.807) is 6.08 Å². The summed E-state index contributed by atoms with van der Waals surface area (Å²) >= 11 is 0. The van der Waals surface area contributed by atoms with Gasteiger partial charge < -0.3 is 20.3 Å². The Morgan fingerprint density at radius 2 is 0.681 bits per heavy atom. The number of carbonyl (C=O) groups excluding carboxylic acids is 2. The first kappa shape index (κ1) is 67.1. The van der Waals surface area contributed by atoms with Gasteiger partial charge in [-0.15, -0.1) is 0 Å². The van der Waals surface area contributed by atoms with Gasteiger partial charge in [0.1, 0.15) is 0 Å². The minimum atomic E-state index is -0.850. The molecule has 1 amide bonds. The molecule has 0 saturated heterocycles. The van der Waals surface area contributed by atoms with E-state index in [0.29, 0.717) is 19.4 Å². The van der Waals surface area contributed by atoms with Crippen molar-refractivity contribution in [2.45, 2.75) is 341 Å². The minimum absolute atomic E-state index is 0.000353. The molecular formula is C63H119NO5. The number of hydrogen-bond acceptors (Lipinski definition) is 5. The van der Waals surface area contributed by atoms with Crippen molar-refractivity contribution in [1.29, 1.82) is 0 Å². The Balaban J connectivity index is 3.45. The van der Waals surface area contributed by atoms with Crippen LogP contribution in [0.5, 0.6) is 0 Å². The number of ether oxygens (including phenoxy) is 1. The van der Waals surface area contributed by atoms with Crippen LogP contribution in [-0.2, 0) is 14.3 Å². The lowest BCUT2D eigenvalue weighted by Gasteiger charge is -2.20. The summed E-state index contributed by atoms with van der Waals surface area (Å²) in [4.78, 5) is 24.5. The van der Waals surface area contributed by atoms with Crippen LogP contribution in [0.2, 0.25) is 0 Å². The van der Waals surface area contributed by atoms with Gasteiger partial charge in [0, 0.05) is 12.8 Å². The quantitative estimate of drug-likeness (QED) is 0.0321. The molecule has 0 aromatic rings. The summed E-state index contributed by atoms with van der Waals surface area (Å²) in [5, 5.41) is 23.1. The average Bonchev–Trinajstić information content (AvgIpc) is 3.35. The number of hydrogen-bond donors (Lipinski definition) is 3. The van der Waals surface area contributed by atoms with Crippen LogP contribution in [0.1, 0.15) is 328 Å². The first-order valence-electron chi connectivity index (χ1n) is 30.8. The number of aliphatic hydroxyl groups excluding tert-OH is 2. The van der Waals surface area contributed by atoms with Crippen LogP contribution in [0, 0.1) is 0 Å². The number of aliphatic hydroxyl groups is 2. The fraction of sp³-hybridized carbons (Fsp3) is 0.873. The van der Waals surface area contributed by atoms with Crippen LogP contribution < -0.4 is 5.32 Å². The number of allylic oxidation sites excluding steroid dienone is 5. The molecule has 6 nitrogen and oxygen atoms in total. The van der Waals surface area contributed by atoms with Crippen LogP contribution >= 0.6 is 0 Å². The van der Waals surface area contributed by atoms with Crippen molar-refractivity contribution in [3.63, 3.8) is 0 Å². The summed E-state index contributed by atoms with van der Waals surface area (Å²) in [5.74, 6) is -0.0750. The molecule has 0 saturated carbocycles. The molecule has 2 atom stereocenters. The normalized spacial score (nSPS) is 12.8. The van der Waals surface area contributed by atoms with Crippen molar-refractivity contribution in [3.8, 4) is 0 Å². The second kappa shape index (κ2) is 58.6. The summed E-state index contributed by atoms with van der Waals surface area (Å²) in [7, 11) is 0. The van der Waals surface area contributed by atoms with E-state index in [0.717, 1.165) is 51.4 Å². The number of amides is 1. The fourth-order valence-corrected chi connectivity index (χ4v) is 9.39. The number of esters is 1. The predicted molar refractivity (Wildman–Crippen MR) is 301 cm³/mol. The summed E-state index contributed by atoms with van der Waals surface area (Å²) in [5.41, 5.74) is 0. The van der Waals surface area contributed by atoms with Gasteiger partial charge in [0.05, 0.1) is 25.4 Å². The van der Waals surface area contributed by atoms with Crippen molar-refractivity contribution in [1.82, 2.24) is 5.32 Å². The number of nitrogens with one attached hydrogen (secondary N) is 1. The minimum Gasteiger partial charge on any atom is -0.466 e. The SMILES string of the molecule is CCCCCCCC/C=C\CCCCCCCC(=O)OCCCCCCCCCCCC/C=C\CCCCCCCCCC(=O)NC(CO)C(O)/C=C/CCCCCCCCCCCCCCCC. The Bertz CT molecular complexity index is 1120. The fourth-order valence-electron chi connectivity index (χ4n) is 9.39. The molecule has 0 aliphatic rings. The Kier molecular flexibility index (Phi) is 57.0. The highest BCUT2D eigenvalue weighted by Gasteiger charge is 2.18. The van der Waals surface area contributed by atoms with Gasteiger partial charge in [0.25, 0.3) is 0 Å². The third-order valence-corrected chi connectivity index (χ3v) is 14.1. The first-order valence-corrected chi connectivity index (χ1v) is 30.8. The third kappa shape index (κ3) is 55.2. The van der Waals surface area contributed by atoms with E-state index in [1.807, 2.05) is 6.08 Å². The highest BCUT2D eigenvalue weighted by molar-refractivity contribution is 5.76. The van der Waals surface area contributed by atoms with E-state index < -0.39 is 12.1 Å². The van der Waals surface area contributed by atoms with Crippen LogP contribution in [-0.4, -0.2) is 47.4 Å². The largest absolute Gasteiger partial charge is 0.466 e. The van der Waals surface area contributed by atoms with Crippen molar-refractivity contribution < 1.29 is 24.5 Å². The molecule has 69 heavy (non-hydrogen) atoms. The molecule has 0 radical (unpaired) electrons. The lowest BCUT2D eigenvalue weighted by Crippen LogP contribution is -2.45. The second-order valence-corrected chi connectivity index (χ2v) is 21.0. The van der Waals surface area contributed by atoms with Crippen molar-refractivity contribution in [3.05, 3.63) is 36.5 Å². The monoisotopic (exact) mass is 970 g/mol.